The van der Waals surface area contributed by atoms with E-state index in [0.29, 0.717) is 0 Å². The molecule has 3 N–H and O–H groups in total. The van der Waals surface area contributed by atoms with E-state index in [4.69, 9.17) is 11.1 Å². The number of nitrogens with zero attached hydrogens (tertiary/aromatic N) is 2. The molecule has 0 fully saturated rings. The van der Waals surface area contributed by atoms with Crippen LogP contribution in [0.4, 0.5) is 4.39 Å². The van der Waals surface area contributed by atoms with E-state index in [1.165, 1.54) is 12.3 Å². The second-order valence-corrected chi connectivity index (χ2v) is 5.96. The molecule has 1 heterocycles. The van der Waals surface area contributed by atoms with Crippen molar-refractivity contribution >= 4 is 15.9 Å². The summed E-state index contributed by atoms with van der Waals surface area (Å²) >= 11 is 0. The van der Waals surface area contributed by atoms with Crippen molar-refractivity contribution in [3.63, 3.8) is 0 Å². The number of hydrogen-bond donors (Lipinski definition) is 2. The van der Waals surface area contributed by atoms with E-state index in [1.807, 2.05) is 0 Å². The fraction of sp³-hybridized carbons (Fsp3) is 0.455. The van der Waals surface area contributed by atoms with Crippen LogP contribution in [0.5, 0.6) is 0 Å². The molecule has 0 radical (unpaired) electrons. The Labute approximate surface area is 112 Å². The van der Waals surface area contributed by atoms with Gasteiger partial charge in [-0.05, 0) is 12.1 Å². The van der Waals surface area contributed by atoms with Crippen molar-refractivity contribution in [1.29, 1.82) is 5.41 Å². The van der Waals surface area contributed by atoms with Crippen molar-refractivity contribution in [3.8, 4) is 0 Å². The summed E-state index contributed by atoms with van der Waals surface area (Å²) in [5.41, 5.74) is 5.32. The molecule has 0 saturated heterocycles. The highest BCUT2D eigenvalue weighted by molar-refractivity contribution is 7.89. The summed E-state index contributed by atoms with van der Waals surface area (Å²) in [7, 11) is -4.02. The monoisotopic (exact) mass is 288 g/mol. The lowest BCUT2D eigenvalue weighted by Gasteiger charge is -2.23. The van der Waals surface area contributed by atoms with Gasteiger partial charge in [-0.1, -0.05) is 13.8 Å². The second kappa shape index (κ2) is 6.07. The number of nitrogens with two attached hydrogens (primary N) is 1. The van der Waals surface area contributed by atoms with Gasteiger partial charge in [0.2, 0.25) is 5.03 Å². The summed E-state index contributed by atoms with van der Waals surface area (Å²) in [6.45, 7) is 3.43. The lowest BCUT2D eigenvalue weighted by atomic mass is 10.1. The van der Waals surface area contributed by atoms with E-state index in [-0.39, 0.29) is 18.9 Å². The molecule has 0 aliphatic heterocycles. The standard InChI is InChI=1S/C11H17FN4O2S/c1-3-16(7-8(2)10(13)14)19(17,18)11-9(12)5-4-6-15-11/h4-6,8H,3,7H2,1-2H3,(H3,13,14). The molecule has 1 atom stereocenters. The first-order chi connectivity index (χ1) is 8.80. The minimum Gasteiger partial charge on any atom is -0.387 e. The first kappa shape index (κ1) is 15.5. The summed E-state index contributed by atoms with van der Waals surface area (Å²) < 4.78 is 39.1. The molecule has 1 aromatic rings. The van der Waals surface area contributed by atoms with E-state index < -0.39 is 26.8 Å². The molecule has 1 rings (SSSR count). The lowest BCUT2D eigenvalue weighted by molar-refractivity contribution is 0.397. The van der Waals surface area contributed by atoms with Crippen LogP contribution in [0.15, 0.2) is 23.4 Å². The molecule has 106 valence electrons. The van der Waals surface area contributed by atoms with Gasteiger partial charge in [-0.15, -0.1) is 0 Å². The second-order valence-electron chi connectivity index (χ2n) is 4.10. The Bertz CT molecular complexity index is 562. The van der Waals surface area contributed by atoms with Gasteiger partial charge in [0.25, 0.3) is 10.0 Å². The fourth-order valence-corrected chi connectivity index (χ4v) is 3.00. The van der Waals surface area contributed by atoms with Crippen molar-refractivity contribution in [3.05, 3.63) is 24.1 Å². The normalized spacial score (nSPS) is 13.5. The van der Waals surface area contributed by atoms with Crippen LogP contribution < -0.4 is 5.73 Å². The minimum absolute atomic E-state index is 0.0180. The van der Waals surface area contributed by atoms with Gasteiger partial charge >= 0.3 is 0 Å². The Morgan fingerprint density at radius 2 is 2.26 bits per heavy atom. The molecule has 8 heteroatoms. The first-order valence-corrected chi connectivity index (χ1v) is 7.19. The van der Waals surface area contributed by atoms with E-state index in [0.717, 1.165) is 10.4 Å². The zero-order valence-corrected chi connectivity index (χ0v) is 11.6. The molecule has 0 aliphatic carbocycles. The van der Waals surface area contributed by atoms with Gasteiger partial charge in [-0.2, -0.15) is 4.31 Å². The van der Waals surface area contributed by atoms with Crippen molar-refractivity contribution in [2.45, 2.75) is 18.9 Å². The summed E-state index contributed by atoms with van der Waals surface area (Å²) in [4.78, 5) is 3.58. The van der Waals surface area contributed by atoms with Gasteiger partial charge in [0.15, 0.2) is 5.82 Å². The van der Waals surface area contributed by atoms with Gasteiger partial charge in [0.1, 0.15) is 0 Å². The number of sulfonamides is 1. The van der Waals surface area contributed by atoms with Gasteiger partial charge in [0.05, 0.1) is 5.84 Å². The molecule has 1 unspecified atom stereocenters. The molecule has 1 aromatic heterocycles. The number of nitrogens with one attached hydrogen (secondary N) is 1. The van der Waals surface area contributed by atoms with Crippen molar-refractivity contribution in [2.24, 2.45) is 11.7 Å². The van der Waals surface area contributed by atoms with Gasteiger partial charge in [0, 0.05) is 25.2 Å². The van der Waals surface area contributed by atoms with Crippen LogP contribution in [0.2, 0.25) is 0 Å². The average molecular weight is 288 g/mol. The van der Waals surface area contributed by atoms with Crippen LogP contribution >= 0.6 is 0 Å². The van der Waals surface area contributed by atoms with Crippen LogP contribution in [0.1, 0.15) is 13.8 Å². The van der Waals surface area contributed by atoms with Crippen LogP contribution in [0.3, 0.4) is 0 Å². The average Bonchev–Trinajstić information content (AvgIpc) is 2.35. The maximum Gasteiger partial charge on any atom is 0.263 e. The van der Waals surface area contributed by atoms with Crippen molar-refractivity contribution in [2.75, 3.05) is 13.1 Å². The number of amidine groups is 1. The van der Waals surface area contributed by atoms with Crippen LogP contribution in [0.25, 0.3) is 0 Å². The number of hydrogen-bond acceptors (Lipinski definition) is 4. The largest absolute Gasteiger partial charge is 0.387 e. The number of aromatic nitrogens is 1. The number of halogens is 1. The van der Waals surface area contributed by atoms with Gasteiger partial charge in [-0.25, -0.2) is 17.8 Å². The third kappa shape index (κ3) is 3.48. The molecule has 6 nitrogen and oxygen atoms in total. The molecule has 0 amide bonds. The SMILES string of the molecule is CCN(CC(C)C(=N)N)S(=O)(=O)c1ncccc1F. The predicted molar refractivity (Wildman–Crippen MR) is 69.7 cm³/mol. The third-order valence-corrected chi connectivity index (χ3v) is 4.55. The summed E-state index contributed by atoms with van der Waals surface area (Å²) in [6, 6.07) is 2.37. The molecule has 0 spiro atoms. The molecule has 0 bridgehead atoms. The van der Waals surface area contributed by atoms with Crippen LogP contribution in [-0.2, 0) is 10.0 Å². The zero-order valence-electron chi connectivity index (χ0n) is 10.8. The Balaban J connectivity index is 3.10. The molecule has 0 aromatic carbocycles. The molecular formula is C11H17FN4O2S. The number of pyridine rings is 1. The molecular weight excluding hydrogens is 271 g/mol. The predicted octanol–water partition coefficient (Wildman–Crippen LogP) is 0.803. The molecule has 0 aliphatic rings. The van der Waals surface area contributed by atoms with Crippen LogP contribution in [0, 0.1) is 17.1 Å². The zero-order chi connectivity index (χ0) is 14.6. The fourth-order valence-electron chi connectivity index (χ4n) is 1.48. The maximum absolute atomic E-state index is 13.5. The van der Waals surface area contributed by atoms with Crippen molar-refractivity contribution in [1.82, 2.24) is 9.29 Å². The topological polar surface area (TPSA) is 100 Å². The smallest absolute Gasteiger partial charge is 0.263 e. The quantitative estimate of drug-likeness (QED) is 0.597. The Morgan fingerprint density at radius 1 is 1.63 bits per heavy atom. The Morgan fingerprint density at radius 3 is 2.74 bits per heavy atom. The van der Waals surface area contributed by atoms with E-state index in [9.17, 15) is 12.8 Å². The Hall–Kier alpha value is -1.54. The van der Waals surface area contributed by atoms with E-state index >= 15 is 0 Å². The Kier molecular flexibility index (Phi) is 4.96. The number of rotatable bonds is 6. The summed E-state index contributed by atoms with van der Waals surface area (Å²) in [6.07, 6.45) is 1.22. The summed E-state index contributed by atoms with van der Waals surface area (Å²) in [5, 5.41) is 6.68. The highest BCUT2D eigenvalue weighted by atomic mass is 32.2. The third-order valence-electron chi connectivity index (χ3n) is 2.67. The lowest BCUT2D eigenvalue weighted by Crippen LogP contribution is -2.39. The van der Waals surface area contributed by atoms with Crippen molar-refractivity contribution < 1.29 is 12.8 Å². The first-order valence-electron chi connectivity index (χ1n) is 5.75. The minimum atomic E-state index is -4.02. The highest BCUT2D eigenvalue weighted by Gasteiger charge is 2.29. The van der Waals surface area contributed by atoms with E-state index in [1.54, 1.807) is 13.8 Å². The van der Waals surface area contributed by atoms with Gasteiger partial charge < -0.3 is 5.73 Å². The maximum atomic E-state index is 13.5. The molecule has 0 saturated carbocycles. The van der Waals surface area contributed by atoms with Gasteiger partial charge in [-0.3, -0.25) is 5.41 Å². The molecule has 19 heavy (non-hydrogen) atoms. The highest BCUT2D eigenvalue weighted by Crippen LogP contribution is 2.17. The summed E-state index contributed by atoms with van der Waals surface area (Å²) in [5.74, 6) is -1.45. The van der Waals surface area contributed by atoms with Crippen LogP contribution in [-0.4, -0.2) is 36.6 Å². The van der Waals surface area contributed by atoms with E-state index in [2.05, 4.69) is 4.98 Å².